The van der Waals surface area contributed by atoms with Crippen molar-refractivity contribution in [2.24, 2.45) is 0 Å². The molecule has 26 heavy (non-hydrogen) atoms. The molecular weight excluding hydrogens is 492 g/mol. The molecule has 0 saturated heterocycles. The Morgan fingerprint density at radius 2 is 2.12 bits per heavy atom. The zero-order valence-electron chi connectivity index (χ0n) is 13.5. The van der Waals surface area contributed by atoms with Gasteiger partial charge in [0.15, 0.2) is 5.82 Å². The number of carbonyl (C=O) groups is 1. The lowest BCUT2D eigenvalue weighted by Crippen LogP contribution is -2.18. The third-order valence-electron chi connectivity index (χ3n) is 3.64. The van der Waals surface area contributed by atoms with Crippen LogP contribution in [0.4, 0.5) is 10.2 Å². The van der Waals surface area contributed by atoms with Crippen LogP contribution >= 0.6 is 43.5 Å². The predicted octanol–water partition coefficient (Wildman–Crippen LogP) is 4.72. The summed E-state index contributed by atoms with van der Waals surface area (Å²) in [6.45, 7) is 2.57. The van der Waals surface area contributed by atoms with Gasteiger partial charge in [0, 0.05) is 23.3 Å². The summed E-state index contributed by atoms with van der Waals surface area (Å²) in [5, 5.41) is 11.5. The van der Waals surface area contributed by atoms with Gasteiger partial charge in [0.05, 0.1) is 21.7 Å². The van der Waals surface area contributed by atoms with Crippen molar-refractivity contribution < 1.29 is 9.18 Å². The van der Waals surface area contributed by atoms with Gasteiger partial charge in [-0.05, 0) is 50.9 Å². The number of hydrogen-bond acceptors (Lipinski definition) is 3. The minimum Gasteiger partial charge on any atom is -0.303 e. The van der Waals surface area contributed by atoms with Crippen molar-refractivity contribution in [3.05, 3.63) is 61.6 Å². The minimum atomic E-state index is -0.412. The fourth-order valence-electron chi connectivity index (χ4n) is 2.40. The monoisotopic (exact) mass is 503 g/mol. The van der Waals surface area contributed by atoms with Gasteiger partial charge in [-0.1, -0.05) is 17.7 Å². The number of nitrogens with one attached hydrogen (secondary N) is 1. The van der Waals surface area contributed by atoms with E-state index in [4.69, 9.17) is 11.6 Å². The summed E-state index contributed by atoms with van der Waals surface area (Å²) >= 11 is 12.7. The number of aromatic nitrogens is 4. The molecule has 3 aromatic rings. The van der Waals surface area contributed by atoms with Crippen LogP contribution in [0.1, 0.15) is 23.0 Å². The zero-order chi connectivity index (χ0) is 18.8. The largest absolute Gasteiger partial charge is 0.303 e. The van der Waals surface area contributed by atoms with Gasteiger partial charge in [-0.2, -0.15) is 10.2 Å². The second-order valence-electron chi connectivity index (χ2n) is 5.33. The Morgan fingerprint density at radius 3 is 2.81 bits per heavy atom. The molecule has 1 N–H and O–H groups in total. The standard InChI is InChI=1S/C16H13Br2ClFN5O/c1-2-25-14(10(17)6-21-25)16(26)22-15-11(18)8-24(23-15)7-9-12(19)4-3-5-13(9)20/h3-6,8H,2,7H2,1H3,(H,22,23,26). The first kappa shape index (κ1) is 19.1. The lowest BCUT2D eigenvalue weighted by atomic mass is 10.2. The average Bonchev–Trinajstić information content (AvgIpc) is 3.13. The van der Waals surface area contributed by atoms with Gasteiger partial charge < -0.3 is 5.32 Å². The molecule has 1 amide bonds. The molecule has 0 fully saturated rings. The first-order valence-corrected chi connectivity index (χ1v) is 9.55. The molecule has 2 heterocycles. The van der Waals surface area contributed by atoms with Crippen LogP contribution in [0.5, 0.6) is 0 Å². The highest BCUT2D eigenvalue weighted by atomic mass is 79.9. The molecule has 10 heteroatoms. The van der Waals surface area contributed by atoms with Crippen LogP contribution < -0.4 is 5.32 Å². The summed E-state index contributed by atoms with van der Waals surface area (Å²) < 4.78 is 18.2. The van der Waals surface area contributed by atoms with Gasteiger partial charge in [-0.3, -0.25) is 14.2 Å². The lowest BCUT2D eigenvalue weighted by Gasteiger charge is -2.07. The summed E-state index contributed by atoms with van der Waals surface area (Å²) in [5.41, 5.74) is 0.722. The molecule has 0 radical (unpaired) electrons. The van der Waals surface area contributed by atoms with Gasteiger partial charge >= 0.3 is 0 Å². The summed E-state index contributed by atoms with van der Waals surface area (Å²) in [6.07, 6.45) is 3.21. The molecule has 0 atom stereocenters. The third kappa shape index (κ3) is 3.84. The van der Waals surface area contributed by atoms with E-state index in [1.54, 1.807) is 29.2 Å². The molecule has 3 rings (SSSR count). The van der Waals surface area contributed by atoms with Crippen molar-refractivity contribution >= 4 is 55.2 Å². The third-order valence-corrected chi connectivity index (χ3v) is 5.15. The van der Waals surface area contributed by atoms with Gasteiger partial charge in [0.2, 0.25) is 0 Å². The van der Waals surface area contributed by atoms with E-state index in [1.807, 2.05) is 6.92 Å². The van der Waals surface area contributed by atoms with Crippen LogP contribution in [0.2, 0.25) is 5.02 Å². The van der Waals surface area contributed by atoms with E-state index in [0.29, 0.717) is 37.6 Å². The molecule has 136 valence electrons. The van der Waals surface area contributed by atoms with Crippen molar-refractivity contribution in [3.8, 4) is 0 Å². The molecule has 6 nitrogen and oxygen atoms in total. The Kier molecular flexibility index (Phi) is 5.79. The number of amides is 1. The Labute approximate surface area is 170 Å². The van der Waals surface area contributed by atoms with Crippen LogP contribution in [0, 0.1) is 5.82 Å². The maximum absolute atomic E-state index is 13.9. The molecule has 0 aliphatic carbocycles. The Bertz CT molecular complexity index is 951. The van der Waals surface area contributed by atoms with Crippen LogP contribution in [0.25, 0.3) is 0 Å². The predicted molar refractivity (Wildman–Crippen MR) is 104 cm³/mol. The Morgan fingerprint density at radius 1 is 1.35 bits per heavy atom. The number of nitrogens with zero attached hydrogens (tertiary/aromatic N) is 4. The number of hydrogen-bond donors (Lipinski definition) is 1. The molecule has 0 saturated carbocycles. The molecule has 0 unspecified atom stereocenters. The van der Waals surface area contributed by atoms with E-state index in [9.17, 15) is 9.18 Å². The number of rotatable bonds is 5. The number of anilines is 1. The van der Waals surface area contributed by atoms with Crippen molar-refractivity contribution in [2.75, 3.05) is 5.32 Å². The van der Waals surface area contributed by atoms with Gasteiger partial charge in [0.25, 0.3) is 5.91 Å². The Hall–Kier alpha value is -1.71. The van der Waals surface area contributed by atoms with Crippen molar-refractivity contribution in [3.63, 3.8) is 0 Å². The topological polar surface area (TPSA) is 64.7 Å². The first-order chi connectivity index (χ1) is 12.4. The molecule has 0 bridgehead atoms. The van der Waals surface area contributed by atoms with Gasteiger partial charge in [0.1, 0.15) is 11.5 Å². The highest BCUT2D eigenvalue weighted by molar-refractivity contribution is 9.11. The molecular formula is C16H13Br2ClFN5O. The van der Waals surface area contributed by atoms with E-state index in [2.05, 4.69) is 47.4 Å². The summed E-state index contributed by atoms with van der Waals surface area (Å²) in [4.78, 5) is 12.6. The molecule has 0 spiro atoms. The highest BCUT2D eigenvalue weighted by Gasteiger charge is 2.19. The van der Waals surface area contributed by atoms with E-state index < -0.39 is 5.82 Å². The van der Waals surface area contributed by atoms with E-state index in [-0.39, 0.29) is 12.5 Å². The van der Waals surface area contributed by atoms with Crippen LogP contribution in [0.3, 0.4) is 0 Å². The lowest BCUT2D eigenvalue weighted by molar-refractivity contribution is 0.101. The summed E-state index contributed by atoms with van der Waals surface area (Å²) in [6, 6.07) is 4.50. The number of aryl methyl sites for hydroxylation is 1. The van der Waals surface area contributed by atoms with E-state index in [1.165, 1.54) is 10.7 Å². The zero-order valence-corrected chi connectivity index (χ0v) is 17.4. The quantitative estimate of drug-likeness (QED) is 0.546. The molecule has 0 aliphatic rings. The second-order valence-corrected chi connectivity index (χ2v) is 7.45. The highest BCUT2D eigenvalue weighted by Crippen LogP contribution is 2.25. The van der Waals surface area contributed by atoms with Crippen molar-refractivity contribution in [1.29, 1.82) is 0 Å². The minimum absolute atomic E-state index is 0.135. The van der Waals surface area contributed by atoms with E-state index in [0.717, 1.165) is 0 Å². The number of carbonyl (C=O) groups excluding carboxylic acids is 1. The van der Waals surface area contributed by atoms with Crippen LogP contribution in [0.15, 0.2) is 39.5 Å². The number of benzene rings is 1. The van der Waals surface area contributed by atoms with Crippen LogP contribution in [-0.2, 0) is 13.1 Å². The normalized spacial score (nSPS) is 11.0. The second kappa shape index (κ2) is 7.89. The summed E-state index contributed by atoms with van der Waals surface area (Å²) in [7, 11) is 0. The Balaban J connectivity index is 1.82. The fourth-order valence-corrected chi connectivity index (χ4v) is 3.52. The maximum Gasteiger partial charge on any atom is 0.276 e. The average molecular weight is 506 g/mol. The van der Waals surface area contributed by atoms with Gasteiger partial charge in [-0.25, -0.2) is 4.39 Å². The smallest absolute Gasteiger partial charge is 0.276 e. The number of halogens is 4. The molecule has 1 aromatic carbocycles. The molecule has 2 aromatic heterocycles. The van der Waals surface area contributed by atoms with E-state index >= 15 is 0 Å². The maximum atomic E-state index is 13.9. The molecule has 0 aliphatic heterocycles. The van der Waals surface area contributed by atoms with Gasteiger partial charge in [-0.15, -0.1) is 0 Å². The SMILES string of the molecule is CCn1ncc(Br)c1C(=O)Nc1nn(Cc2c(F)cccc2Cl)cc1Br. The van der Waals surface area contributed by atoms with Crippen molar-refractivity contribution in [1.82, 2.24) is 19.6 Å². The summed E-state index contributed by atoms with van der Waals surface area (Å²) in [5.74, 6) is -0.449. The first-order valence-electron chi connectivity index (χ1n) is 7.59. The fraction of sp³-hybridized carbons (Fsp3) is 0.188. The van der Waals surface area contributed by atoms with Crippen molar-refractivity contribution in [2.45, 2.75) is 20.0 Å². The van der Waals surface area contributed by atoms with Crippen LogP contribution in [-0.4, -0.2) is 25.5 Å².